The number of carboxylic acid groups (broad SMARTS) is 1. The largest absolute Gasteiger partial charge is 0.481 e. The van der Waals surface area contributed by atoms with E-state index in [1.165, 1.54) is 0 Å². The zero-order valence-electron chi connectivity index (χ0n) is 7.38. The minimum atomic E-state index is -0.753. The summed E-state index contributed by atoms with van der Waals surface area (Å²) < 4.78 is 0. The fraction of sp³-hybridized carbons (Fsp3) is 0.778. The van der Waals surface area contributed by atoms with Crippen molar-refractivity contribution >= 4 is 11.9 Å². The van der Waals surface area contributed by atoms with Crippen LogP contribution in [-0.4, -0.2) is 23.5 Å². The quantitative estimate of drug-likeness (QED) is 0.617. The molecule has 1 saturated carbocycles. The molecule has 72 valence electrons. The van der Waals surface area contributed by atoms with Gasteiger partial charge in [0.15, 0.2) is 0 Å². The predicted molar refractivity (Wildman–Crippen MR) is 45.0 cm³/mol. The Morgan fingerprint density at radius 2 is 2.31 bits per heavy atom. The first-order chi connectivity index (χ1) is 6.14. The standard InChI is InChI=1S/C9H13NO3/c11-7(12)6-1-2-9(5-6)3-4-10-8(9)13/h6H,1-5H2,(H,10,13)(H,11,12). The lowest BCUT2D eigenvalue weighted by atomic mass is 9.84. The number of aliphatic carboxylic acids is 1. The van der Waals surface area contributed by atoms with Crippen molar-refractivity contribution in [3.8, 4) is 0 Å². The van der Waals surface area contributed by atoms with Crippen LogP contribution >= 0.6 is 0 Å². The van der Waals surface area contributed by atoms with Crippen molar-refractivity contribution < 1.29 is 14.7 Å². The van der Waals surface area contributed by atoms with E-state index in [1.54, 1.807) is 0 Å². The molecule has 2 unspecified atom stereocenters. The maximum Gasteiger partial charge on any atom is 0.306 e. The minimum absolute atomic E-state index is 0.0660. The van der Waals surface area contributed by atoms with Gasteiger partial charge in [-0.2, -0.15) is 0 Å². The van der Waals surface area contributed by atoms with Gasteiger partial charge in [0.25, 0.3) is 0 Å². The Morgan fingerprint density at radius 3 is 2.77 bits per heavy atom. The van der Waals surface area contributed by atoms with Crippen molar-refractivity contribution in [2.24, 2.45) is 11.3 Å². The second-order valence-electron chi connectivity index (χ2n) is 4.06. The van der Waals surface area contributed by atoms with Gasteiger partial charge in [0, 0.05) is 6.54 Å². The molecule has 2 fully saturated rings. The minimum Gasteiger partial charge on any atom is -0.481 e. The number of carboxylic acids is 1. The van der Waals surface area contributed by atoms with Crippen LogP contribution in [0.1, 0.15) is 25.7 Å². The summed E-state index contributed by atoms with van der Waals surface area (Å²) >= 11 is 0. The summed E-state index contributed by atoms with van der Waals surface area (Å²) in [6.45, 7) is 0.713. The molecule has 1 aliphatic carbocycles. The Hall–Kier alpha value is -1.06. The fourth-order valence-corrected chi connectivity index (χ4v) is 2.49. The highest BCUT2D eigenvalue weighted by atomic mass is 16.4. The second kappa shape index (κ2) is 2.72. The molecule has 2 rings (SSSR count). The average Bonchev–Trinajstić information content (AvgIpc) is 2.63. The van der Waals surface area contributed by atoms with E-state index in [-0.39, 0.29) is 17.2 Å². The molecule has 4 nitrogen and oxygen atoms in total. The van der Waals surface area contributed by atoms with Gasteiger partial charge < -0.3 is 10.4 Å². The zero-order chi connectivity index (χ0) is 9.47. The first kappa shape index (κ1) is 8.53. The molecular weight excluding hydrogens is 170 g/mol. The zero-order valence-corrected chi connectivity index (χ0v) is 7.38. The third kappa shape index (κ3) is 1.20. The van der Waals surface area contributed by atoms with Gasteiger partial charge in [-0.1, -0.05) is 0 Å². The summed E-state index contributed by atoms with van der Waals surface area (Å²) in [5.41, 5.74) is -0.330. The van der Waals surface area contributed by atoms with Crippen LogP contribution in [-0.2, 0) is 9.59 Å². The van der Waals surface area contributed by atoms with Gasteiger partial charge in [-0.05, 0) is 25.7 Å². The van der Waals surface area contributed by atoms with Crippen LogP contribution in [0, 0.1) is 11.3 Å². The topological polar surface area (TPSA) is 66.4 Å². The molecule has 1 aliphatic heterocycles. The molecule has 0 aromatic heterocycles. The van der Waals surface area contributed by atoms with Gasteiger partial charge in [0.05, 0.1) is 11.3 Å². The molecule has 0 aromatic rings. The highest BCUT2D eigenvalue weighted by molar-refractivity contribution is 5.86. The highest BCUT2D eigenvalue weighted by Crippen LogP contribution is 2.46. The van der Waals surface area contributed by atoms with E-state index in [9.17, 15) is 9.59 Å². The third-order valence-corrected chi connectivity index (χ3v) is 3.33. The number of rotatable bonds is 1. The van der Waals surface area contributed by atoms with Gasteiger partial charge in [0.1, 0.15) is 0 Å². The molecule has 0 aromatic carbocycles. The first-order valence-corrected chi connectivity index (χ1v) is 4.65. The Labute approximate surface area is 76.3 Å². The Balaban J connectivity index is 2.12. The summed E-state index contributed by atoms with van der Waals surface area (Å²) in [6.07, 6.45) is 2.75. The van der Waals surface area contributed by atoms with Crippen LogP contribution in [0.15, 0.2) is 0 Å². The first-order valence-electron chi connectivity index (χ1n) is 4.65. The third-order valence-electron chi connectivity index (χ3n) is 3.33. The lowest BCUT2D eigenvalue weighted by molar-refractivity contribution is -0.141. The fourth-order valence-electron chi connectivity index (χ4n) is 2.49. The summed E-state index contributed by atoms with van der Waals surface area (Å²) in [7, 11) is 0. The maximum atomic E-state index is 11.5. The van der Waals surface area contributed by atoms with E-state index in [1.807, 2.05) is 0 Å². The maximum absolute atomic E-state index is 11.5. The van der Waals surface area contributed by atoms with E-state index < -0.39 is 5.97 Å². The molecule has 1 spiro atoms. The molecule has 0 radical (unpaired) electrons. The summed E-state index contributed by atoms with van der Waals surface area (Å²) in [6, 6.07) is 0. The Bertz CT molecular complexity index is 264. The monoisotopic (exact) mass is 183 g/mol. The molecule has 2 atom stereocenters. The van der Waals surface area contributed by atoms with E-state index in [4.69, 9.17) is 5.11 Å². The molecule has 13 heavy (non-hydrogen) atoms. The summed E-state index contributed by atoms with van der Waals surface area (Å²) in [4.78, 5) is 22.2. The Kier molecular flexibility index (Phi) is 1.78. The number of carbonyl (C=O) groups excluding carboxylic acids is 1. The lowest BCUT2D eigenvalue weighted by Crippen LogP contribution is -2.29. The van der Waals surface area contributed by atoms with Gasteiger partial charge in [-0.15, -0.1) is 0 Å². The van der Waals surface area contributed by atoms with Crippen LogP contribution in [0.2, 0.25) is 0 Å². The molecule has 1 heterocycles. The molecular formula is C9H13NO3. The van der Waals surface area contributed by atoms with Crippen molar-refractivity contribution in [1.29, 1.82) is 0 Å². The molecule has 2 N–H and O–H groups in total. The van der Waals surface area contributed by atoms with Crippen molar-refractivity contribution in [1.82, 2.24) is 5.32 Å². The van der Waals surface area contributed by atoms with Gasteiger partial charge in [-0.3, -0.25) is 9.59 Å². The number of hydrogen-bond donors (Lipinski definition) is 2. The van der Waals surface area contributed by atoms with Crippen LogP contribution < -0.4 is 5.32 Å². The van der Waals surface area contributed by atoms with E-state index >= 15 is 0 Å². The molecule has 2 aliphatic rings. The lowest BCUT2D eigenvalue weighted by Gasteiger charge is -2.18. The molecule has 1 saturated heterocycles. The van der Waals surface area contributed by atoms with E-state index in [0.29, 0.717) is 19.4 Å². The molecule has 4 heteroatoms. The van der Waals surface area contributed by atoms with Gasteiger partial charge in [-0.25, -0.2) is 0 Å². The van der Waals surface area contributed by atoms with E-state index in [0.717, 1.165) is 12.8 Å². The number of amides is 1. The van der Waals surface area contributed by atoms with Crippen molar-refractivity contribution in [2.45, 2.75) is 25.7 Å². The number of nitrogens with one attached hydrogen (secondary N) is 1. The van der Waals surface area contributed by atoms with Crippen LogP contribution in [0.4, 0.5) is 0 Å². The van der Waals surface area contributed by atoms with Gasteiger partial charge >= 0.3 is 5.97 Å². The number of carbonyl (C=O) groups is 2. The van der Waals surface area contributed by atoms with Crippen LogP contribution in [0.25, 0.3) is 0 Å². The average molecular weight is 183 g/mol. The second-order valence-corrected chi connectivity index (χ2v) is 4.06. The Morgan fingerprint density at radius 1 is 1.54 bits per heavy atom. The van der Waals surface area contributed by atoms with Crippen molar-refractivity contribution in [3.05, 3.63) is 0 Å². The van der Waals surface area contributed by atoms with Crippen molar-refractivity contribution in [3.63, 3.8) is 0 Å². The van der Waals surface area contributed by atoms with Crippen LogP contribution in [0.5, 0.6) is 0 Å². The summed E-state index contributed by atoms with van der Waals surface area (Å²) in [5.74, 6) is -0.989. The predicted octanol–water partition coefficient (Wildman–Crippen LogP) is 0.377. The molecule has 1 amide bonds. The van der Waals surface area contributed by atoms with Gasteiger partial charge in [0.2, 0.25) is 5.91 Å². The van der Waals surface area contributed by atoms with Crippen LogP contribution in [0.3, 0.4) is 0 Å². The molecule has 0 bridgehead atoms. The SMILES string of the molecule is O=C(O)C1CCC2(CCNC2=O)C1. The summed E-state index contributed by atoms with van der Waals surface area (Å²) in [5, 5.41) is 11.6. The van der Waals surface area contributed by atoms with E-state index in [2.05, 4.69) is 5.32 Å². The van der Waals surface area contributed by atoms with Crippen molar-refractivity contribution in [2.75, 3.05) is 6.54 Å². The highest BCUT2D eigenvalue weighted by Gasteiger charge is 2.49. The smallest absolute Gasteiger partial charge is 0.306 e. The normalized spacial score (nSPS) is 38.2. The number of hydrogen-bond acceptors (Lipinski definition) is 2.